The first-order chi connectivity index (χ1) is 4.27. The number of rotatable bonds is 4. The van der Waals surface area contributed by atoms with Gasteiger partial charge in [-0.1, -0.05) is 13.8 Å². The van der Waals surface area contributed by atoms with Gasteiger partial charge in [0.05, 0.1) is 6.21 Å². The monoisotopic (exact) mass is 144 g/mol. The highest BCUT2D eigenvalue weighted by Gasteiger charge is 1.89. The molecule has 0 saturated heterocycles. The fourth-order valence-electron chi connectivity index (χ4n) is 0.266. The minimum atomic E-state index is 0.679. The second-order valence-electron chi connectivity index (χ2n) is 2.11. The van der Waals surface area contributed by atoms with Crippen molar-refractivity contribution in [2.24, 2.45) is 10.3 Å². The lowest BCUT2D eigenvalue weighted by Crippen LogP contribution is -1.87. The van der Waals surface area contributed by atoms with E-state index in [2.05, 4.69) is 18.2 Å². The van der Waals surface area contributed by atoms with Crippen LogP contribution < -0.4 is 0 Å². The largest absolute Gasteiger partial charge is 0.307 e. The molecule has 2 nitrogen and oxygen atoms in total. The minimum Gasteiger partial charge on any atom is -0.307 e. The molecule has 0 rings (SSSR count). The van der Waals surface area contributed by atoms with Crippen LogP contribution in [-0.4, -0.2) is 18.2 Å². The molecule has 9 heavy (non-hydrogen) atoms. The van der Waals surface area contributed by atoms with Crippen LogP contribution in [0, 0.1) is 11.3 Å². The van der Waals surface area contributed by atoms with Gasteiger partial charge < -0.3 is 5.41 Å². The molecule has 0 saturated carbocycles. The highest BCUT2D eigenvalue weighted by atomic mass is 32.2. The van der Waals surface area contributed by atoms with E-state index in [4.69, 9.17) is 5.41 Å². The molecule has 0 aromatic carbocycles. The molecule has 0 heterocycles. The summed E-state index contributed by atoms with van der Waals surface area (Å²) >= 11 is 1.50. The van der Waals surface area contributed by atoms with Crippen LogP contribution in [0.5, 0.6) is 0 Å². The molecule has 1 N–H and O–H groups in total. The van der Waals surface area contributed by atoms with Crippen molar-refractivity contribution in [2.75, 3.05) is 5.75 Å². The van der Waals surface area contributed by atoms with Gasteiger partial charge in [-0.3, -0.25) is 0 Å². The van der Waals surface area contributed by atoms with Crippen molar-refractivity contribution in [3.8, 4) is 0 Å². The molecule has 0 fully saturated rings. The Morgan fingerprint density at radius 2 is 2.33 bits per heavy atom. The van der Waals surface area contributed by atoms with Gasteiger partial charge >= 0.3 is 0 Å². The van der Waals surface area contributed by atoms with Gasteiger partial charge in [0.1, 0.15) is 0 Å². The van der Waals surface area contributed by atoms with Crippen LogP contribution in [0.2, 0.25) is 0 Å². The Bertz CT molecular complexity index is 99.2. The first kappa shape index (κ1) is 8.69. The van der Waals surface area contributed by atoms with E-state index in [1.165, 1.54) is 24.4 Å². The highest BCUT2D eigenvalue weighted by molar-refractivity contribution is 7.98. The molecule has 0 aliphatic heterocycles. The van der Waals surface area contributed by atoms with E-state index in [0.717, 1.165) is 5.75 Å². The Morgan fingerprint density at radius 3 is 2.78 bits per heavy atom. The van der Waals surface area contributed by atoms with E-state index < -0.39 is 0 Å². The summed E-state index contributed by atoms with van der Waals surface area (Å²) in [5.41, 5.74) is 0. The Kier molecular flexibility index (Phi) is 5.62. The summed E-state index contributed by atoms with van der Waals surface area (Å²) in [7, 11) is 0. The van der Waals surface area contributed by atoms with Crippen LogP contribution in [0.25, 0.3) is 0 Å². The van der Waals surface area contributed by atoms with E-state index in [-0.39, 0.29) is 0 Å². The Morgan fingerprint density at radius 1 is 1.67 bits per heavy atom. The zero-order valence-electron chi connectivity index (χ0n) is 5.79. The lowest BCUT2D eigenvalue weighted by molar-refractivity contribution is 0.751. The van der Waals surface area contributed by atoms with Gasteiger partial charge in [0.2, 0.25) is 0 Å². The smallest absolute Gasteiger partial charge is 0.0527 e. The Labute approximate surface area is 60.4 Å². The molecule has 52 valence electrons. The first-order valence-electron chi connectivity index (χ1n) is 2.91. The molecule has 0 aliphatic rings. The molecule has 0 aliphatic carbocycles. The molecule has 0 bridgehead atoms. The summed E-state index contributed by atoms with van der Waals surface area (Å²) in [5.74, 6) is 1.71. The van der Waals surface area contributed by atoms with Crippen molar-refractivity contribution in [3.05, 3.63) is 0 Å². The lowest BCUT2D eigenvalue weighted by Gasteiger charge is -1.96. The summed E-state index contributed by atoms with van der Waals surface area (Å²) < 4.78 is 3.88. The molecular formula is C6H12N2S. The van der Waals surface area contributed by atoms with Gasteiger partial charge in [0.25, 0.3) is 0 Å². The molecule has 0 aromatic heterocycles. The summed E-state index contributed by atoms with van der Waals surface area (Å²) in [6, 6.07) is 0. The third-order valence-corrected chi connectivity index (χ3v) is 1.70. The van der Waals surface area contributed by atoms with Gasteiger partial charge in [-0.15, -0.1) is 0 Å². The van der Waals surface area contributed by atoms with Crippen LogP contribution in [0.15, 0.2) is 4.40 Å². The fourth-order valence-corrected chi connectivity index (χ4v) is 0.797. The van der Waals surface area contributed by atoms with Crippen molar-refractivity contribution in [1.29, 1.82) is 5.41 Å². The maximum atomic E-state index is 6.60. The molecular weight excluding hydrogens is 132 g/mol. The van der Waals surface area contributed by atoms with Crippen LogP contribution in [0.3, 0.4) is 0 Å². The second kappa shape index (κ2) is 5.82. The van der Waals surface area contributed by atoms with Crippen molar-refractivity contribution < 1.29 is 0 Å². The van der Waals surface area contributed by atoms with Crippen molar-refractivity contribution >= 4 is 24.4 Å². The minimum absolute atomic E-state index is 0.679. The zero-order valence-corrected chi connectivity index (χ0v) is 6.61. The molecule has 0 aromatic rings. The Balaban J connectivity index is 3.08. The number of nitrogens with one attached hydrogen (secondary N) is 1. The second-order valence-corrected chi connectivity index (χ2v) is 2.91. The van der Waals surface area contributed by atoms with Gasteiger partial charge in [0.15, 0.2) is 0 Å². The van der Waals surface area contributed by atoms with Crippen molar-refractivity contribution in [3.63, 3.8) is 0 Å². The molecule has 0 spiro atoms. The third kappa shape index (κ3) is 7.69. The van der Waals surface area contributed by atoms with Crippen molar-refractivity contribution in [2.45, 2.75) is 13.8 Å². The number of hydrogen-bond acceptors (Lipinski definition) is 3. The van der Waals surface area contributed by atoms with E-state index in [9.17, 15) is 0 Å². The Hall–Kier alpha value is -0.310. The summed E-state index contributed by atoms with van der Waals surface area (Å²) in [4.78, 5) is 0. The van der Waals surface area contributed by atoms with Crippen LogP contribution >= 0.6 is 11.9 Å². The fraction of sp³-hybridized carbons (Fsp3) is 0.667. The number of hydrogen-bond donors (Lipinski definition) is 1. The quantitative estimate of drug-likeness (QED) is 0.475. The zero-order chi connectivity index (χ0) is 7.11. The molecule has 0 atom stereocenters. The average Bonchev–Trinajstić information content (AvgIpc) is 1.80. The first-order valence-corrected chi connectivity index (χ1v) is 3.86. The molecule has 0 unspecified atom stereocenters. The SMILES string of the molecule is CC(C)CSN=CC=N. The third-order valence-electron chi connectivity index (χ3n) is 0.618. The van der Waals surface area contributed by atoms with Crippen LogP contribution in [0.1, 0.15) is 13.8 Å². The maximum absolute atomic E-state index is 6.60. The normalized spacial score (nSPS) is 11.0. The van der Waals surface area contributed by atoms with E-state index in [1.807, 2.05) is 0 Å². The summed E-state index contributed by atoms with van der Waals surface area (Å²) in [6.07, 6.45) is 2.68. The van der Waals surface area contributed by atoms with Crippen LogP contribution in [-0.2, 0) is 0 Å². The molecule has 3 heteroatoms. The van der Waals surface area contributed by atoms with Crippen LogP contribution in [0.4, 0.5) is 0 Å². The summed E-state index contributed by atoms with van der Waals surface area (Å²) in [6.45, 7) is 4.29. The van der Waals surface area contributed by atoms with Gasteiger partial charge in [0, 0.05) is 12.0 Å². The summed E-state index contributed by atoms with van der Waals surface area (Å²) in [5, 5.41) is 6.60. The number of nitrogens with zero attached hydrogens (tertiary/aromatic N) is 1. The van der Waals surface area contributed by atoms with Gasteiger partial charge in [-0.05, 0) is 17.9 Å². The molecule has 0 radical (unpaired) electrons. The highest BCUT2D eigenvalue weighted by Crippen LogP contribution is 2.06. The average molecular weight is 144 g/mol. The van der Waals surface area contributed by atoms with Gasteiger partial charge in [-0.25, -0.2) is 4.40 Å². The van der Waals surface area contributed by atoms with E-state index in [1.54, 1.807) is 0 Å². The maximum Gasteiger partial charge on any atom is 0.0527 e. The standard InChI is InChI=1S/C6H12N2S/c1-6(2)5-9-8-4-3-7/h3-4,6-7H,5H2,1-2H3. The van der Waals surface area contributed by atoms with E-state index >= 15 is 0 Å². The predicted molar refractivity (Wildman–Crippen MR) is 44.6 cm³/mol. The molecule has 0 amide bonds. The van der Waals surface area contributed by atoms with Crippen molar-refractivity contribution in [1.82, 2.24) is 0 Å². The van der Waals surface area contributed by atoms with Gasteiger partial charge in [-0.2, -0.15) is 0 Å². The lowest BCUT2D eigenvalue weighted by atomic mass is 10.3. The van der Waals surface area contributed by atoms with E-state index in [0.29, 0.717) is 5.92 Å². The topological polar surface area (TPSA) is 36.2 Å². The predicted octanol–water partition coefficient (Wildman–Crippen LogP) is 2.01.